The molecule has 0 fully saturated rings. The average molecular weight is 251 g/mol. The molecular formula is C7H7BrO5. The summed E-state index contributed by atoms with van der Waals surface area (Å²) in [5.74, 6) is -3.22. The number of ketones is 1. The molecule has 72 valence electrons. The summed E-state index contributed by atoms with van der Waals surface area (Å²) in [7, 11) is 2.42. The van der Waals surface area contributed by atoms with Crippen molar-refractivity contribution in [2.24, 2.45) is 0 Å². The van der Waals surface area contributed by atoms with E-state index in [2.05, 4.69) is 20.7 Å². The van der Waals surface area contributed by atoms with Crippen LogP contribution in [0.3, 0.4) is 0 Å². The molecule has 0 radical (unpaired) electrons. The number of ether oxygens (including phenoxy) is 3. The maximum Gasteiger partial charge on any atom is 0.398 e. The lowest BCUT2D eigenvalue weighted by molar-refractivity contribution is -0.317. The fourth-order valence-electron chi connectivity index (χ4n) is 0.876. The van der Waals surface area contributed by atoms with E-state index in [0.717, 1.165) is 6.08 Å². The van der Waals surface area contributed by atoms with Crippen molar-refractivity contribution in [1.29, 1.82) is 0 Å². The molecule has 0 spiro atoms. The predicted molar refractivity (Wildman–Crippen MR) is 44.9 cm³/mol. The summed E-state index contributed by atoms with van der Waals surface area (Å²) in [4.78, 5) is 22.3. The van der Waals surface area contributed by atoms with E-state index in [1.807, 2.05) is 0 Å². The summed E-state index contributed by atoms with van der Waals surface area (Å²) in [5, 5.41) is 0. The molecule has 0 amide bonds. The first-order chi connectivity index (χ1) is 6.05. The molecule has 0 N–H and O–H groups in total. The molecule has 0 aromatic carbocycles. The molecule has 0 bridgehead atoms. The first kappa shape index (κ1) is 10.4. The summed E-state index contributed by atoms with van der Waals surface area (Å²) >= 11 is 2.90. The second-order valence-electron chi connectivity index (χ2n) is 2.21. The van der Waals surface area contributed by atoms with Gasteiger partial charge in [0.15, 0.2) is 0 Å². The molecule has 13 heavy (non-hydrogen) atoms. The topological polar surface area (TPSA) is 61.8 Å². The number of carbonyl (C=O) groups is 2. The van der Waals surface area contributed by atoms with Crippen molar-refractivity contribution in [2.75, 3.05) is 14.2 Å². The number of cyclic esters (lactones) is 1. The van der Waals surface area contributed by atoms with Crippen LogP contribution >= 0.6 is 15.9 Å². The van der Waals surface area contributed by atoms with Gasteiger partial charge in [-0.2, -0.15) is 0 Å². The fourth-order valence-corrected chi connectivity index (χ4v) is 1.31. The van der Waals surface area contributed by atoms with E-state index in [1.54, 1.807) is 0 Å². The van der Waals surface area contributed by atoms with E-state index >= 15 is 0 Å². The molecule has 0 saturated heterocycles. The Morgan fingerprint density at radius 3 is 2.38 bits per heavy atom. The summed E-state index contributed by atoms with van der Waals surface area (Å²) in [6.07, 6.45) is 1.01. The molecule has 0 unspecified atom stereocenters. The van der Waals surface area contributed by atoms with Gasteiger partial charge < -0.3 is 14.2 Å². The fraction of sp³-hybridized carbons (Fsp3) is 0.429. The average Bonchev–Trinajstić information content (AvgIpc) is 2.11. The second kappa shape index (κ2) is 3.57. The highest BCUT2D eigenvalue weighted by molar-refractivity contribution is 9.12. The van der Waals surface area contributed by atoms with E-state index in [0.29, 0.717) is 0 Å². The Morgan fingerprint density at radius 2 is 1.92 bits per heavy atom. The van der Waals surface area contributed by atoms with E-state index in [4.69, 9.17) is 9.47 Å². The molecule has 1 aliphatic rings. The van der Waals surface area contributed by atoms with E-state index in [1.165, 1.54) is 14.2 Å². The van der Waals surface area contributed by atoms with Crippen molar-refractivity contribution in [3.63, 3.8) is 0 Å². The third-order valence-electron chi connectivity index (χ3n) is 1.51. The van der Waals surface area contributed by atoms with Crippen LogP contribution in [0.2, 0.25) is 0 Å². The monoisotopic (exact) mass is 250 g/mol. The zero-order chi connectivity index (χ0) is 10.1. The van der Waals surface area contributed by atoms with Gasteiger partial charge in [-0.25, -0.2) is 4.79 Å². The maximum absolute atomic E-state index is 11.4. The SMILES string of the molecule is COC1(OC)OC(=O)C=C(Br)C1=O. The Bertz CT molecular complexity index is 279. The zero-order valence-electron chi connectivity index (χ0n) is 7.00. The first-order valence-corrected chi connectivity index (χ1v) is 4.10. The first-order valence-electron chi connectivity index (χ1n) is 3.31. The van der Waals surface area contributed by atoms with Crippen LogP contribution in [0, 0.1) is 0 Å². The Kier molecular flexibility index (Phi) is 2.84. The zero-order valence-corrected chi connectivity index (χ0v) is 8.58. The van der Waals surface area contributed by atoms with Crippen LogP contribution in [0.15, 0.2) is 10.6 Å². The van der Waals surface area contributed by atoms with Crippen LogP contribution in [0.4, 0.5) is 0 Å². The molecule has 1 heterocycles. The highest BCUT2D eigenvalue weighted by atomic mass is 79.9. The number of rotatable bonds is 2. The van der Waals surface area contributed by atoms with Crippen molar-refractivity contribution in [2.45, 2.75) is 5.97 Å². The number of hydrogen-bond acceptors (Lipinski definition) is 5. The Balaban J connectivity index is 3.08. The number of Topliss-reactive ketones (excluding diaryl/α,β-unsaturated/α-hetero) is 1. The third kappa shape index (κ3) is 1.65. The molecule has 0 atom stereocenters. The van der Waals surface area contributed by atoms with Gasteiger partial charge in [0.25, 0.3) is 5.78 Å². The molecule has 5 nitrogen and oxygen atoms in total. The van der Waals surface area contributed by atoms with Crippen LogP contribution < -0.4 is 0 Å². The normalized spacial score (nSPS) is 21.0. The Labute approximate surface area is 82.8 Å². The minimum atomic E-state index is -1.94. The van der Waals surface area contributed by atoms with Gasteiger partial charge in [-0.1, -0.05) is 0 Å². The van der Waals surface area contributed by atoms with Gasteiger partial charge in [0.2, 0.25) is 0 Å². The van der Waals surface area contributed by atoms with Gasteiger partial charge in [0, 0.05) is 20.3 Å². The highest BCUT2D eigenvalue weighted by Gasteiger charge is 2.47. The summed E-state index contributed by atoms with van der Waals surface area (Å²) in [6, 6.07) is 0. The Hall–Kier alpha value is -0.720. The third-order valence-corrected chi connectivity index (χ3v) is 2.10. The Morgan fingerprint density at radius 1 is 1.38 bits per heavy atom. The van der Waals surface area contributed by atoms with Crippen molar-refractivity contribution >= 4 is 27.7 Å². The lowest BCUT2D eigenvalue weighted by atomic mass is 10.2. The minimum Gasteiger partial charge on any atom is -0.398 e. The van der Waals surface area contributed by atoms with E-state index < -0.39 is 17.7 Å². The quantitative estimate of drug-likeness (QED) is 0.523. The molecule has 1 rings (SSSR count). The lowest BCUT2D eigenvalue weighted by Gasteiger charge is -2.29. The van der Waals surface area contributed by atoms with Crippen molar-refractivity contribution in [1.82, 2.24) is 0 Å². The highest BCUT2D eigenvalue weighted by Crippen LogP contribution is 2.27. The molecule has 0 aromatic heterocycles. The number of esters is 1. The standard InChI is InChI=1S/C7H7BrO5/c1-11-7(12-2)6(10)4(8)3-5(9)13-7/h3H,1-2H3. The molecule has 1 aliphatic heterocycles. The molecule has 0 aromatic rings. The van der Waals surface area contributed by atoms with Crippen molar-refractivity contribution in [3.8, 4) is 0 Å². The van der Waals surface area contributed by atoms with Gasteiger partial charge >= 0.3 is 11.9 Å². The molecule has 6 heteroatoms. The predicted octanol–water partition coefficient (Wildman–Crippen LogP) is 0.338. The number of halogens is 1. The van der Waals surface area contributed by atoms with Crippen LogP contribution in [0.5, 0.6) is 0 Å². The lowest BCUT2D eigenvalue weighted by Crippen LogP contribution is -2.49. The van der Waals surface area contributed by atoms with Gasteiger partial charge in [-0.3, -0.25) is 4.79 Å². The van der Waals surface area contributed by atoms with E-state index in [9.17, 15) is 9.59 Å². The second-order valence-corrected chi connectivity index (χ2v) is 3.06. The van der Waals surface area contributed by atoms with Gasteiger partial charge in [0.05, 0.1) is 4.48 Å². The number of hydrogen-bond donors (Lipinski definition) is 0. The van der Waals surface area contributed by atoms with Crippen LogP contribution in [0.1, 0.15) is 0 Å². The van der Waals surface area contributed by atoms with E-state index in [-0.39, 0.29) is 4.48 Å². The van der Waals surface area contributed by atoms with Crippen LogP contribution in [-0.2, 0) is 23.8 Å². The smallest absolute Gasteiger partial charge is 0.398 e. The molecular weight excluding hydrogens is 244 g/mol. The van der Waals surface area contributed by atoms with Gasteiger partial charge in [0.1, 0.15) is 0 Å². The van der Waals surface area contributed by atoms with Crippen LogP contribution in [0.25, 0.3) is 0 Å². The van der Waals surface area contributed by atoms with Gasteiger partial charge in [-0.15, -0.1) is 0 Å². The van der Waals surface area contributed by atoms with Crippen molar-refractivity contribution < 1.29 is 23.8 Å². The largest absolute Gasteiger partial charge is 0.398 e. The maximum atomic E-state index is 11.4. The number of carbonyl (C=O) groups excluding carboxylic acids is 2. The molecule has 0 saturated carbocycles. The summed E-state index contributed by atoms with van der Waals surface area (Å²) < 4.78 is 14.1. The van der Waals surface area contributed by atoms with Gasteiger partial charge in [-0.05, 0) is 15.9 Å². The summed E-state index contributed by atoms with van der Waals surface area (Å²) in [5.41, 5.74) is 0. The minimum absolute atomic E-state index is 0.0625. The van der Waals surface area contributed by atoms with Crippen LogP contribution in [-0.4, -0.2) is 31.9 Å². The molecule has 0 aliphatic carbocycles. The number of methoxy groups -OCH3 is 2. The summed E-state index contributed by atoms with van der Waals surface area (Å²) in [6.45, 7) is 0. The van der Waals surface area contributed by atoms with Crippen molar-refractivity contribution in [3.05, 3.63) is 10.6 Å².